The summed E-state index contributed by atoms with van der Waals surface area (Å²) in [5, 5.41) is 8.51. The molecule has 3 rings (SSSR count). The van der Waals surface area contributed by atoms with Crippen molar-refractivity contribution in [1.82, 2.24) is 15.2 Å². The van der Waals surface area contributed by atoms with Crippen molar-refractivity contribution in [3.05, 3.63) is 24.3 Å². The fraction of sp³-hybridized carbons (Fsp3) is 0.500. The summed E-state index contributed by atoms with van der Waals surface area (Å²) in [7, 11) is 0. The van der Waals surface area contributed by atoms with E-state index in [0.29, 0.717) is 0 Å². The Bertz CT molecular complexity index is 589. The van der Waals surface area contributed by atoms with Crippen LogP contribution in [0.5, 0.6) is 0 Å². The number of anilines is 1. The normalized spacial score (nSPS) is 18.4. The lowest BCUT2D eigenvalue weighted by molar-refractivity contribution is 0.452. The van der Waals surface area contributed by atoms with E-state index in [-0.39, 0.29) is 4.75 Å². The van der Waals surface area contributed by atoms with Gasteiger partial charge in [0.1, 0.15) is 5.52 Å². The summed E-state index contributed by atoms with van der Waals surface area (Å²) in [4.78, 5) is 6.82. The highest BCUT2D eigenvalue weighted by Gasteiger charge is 2.33. The van der Waals surface area contributed by atoms with Crippen LogP contribution in [0.4, 0.5) is 5.95 Å². The van der Waals surface area contributed by atoms with Crippen molar-refractivity contribution >= 4 is 28.7 Å². The topological polar surface area (TPSA) is 67.9 Å². The van der Waals surface area contributed by atoms with Gasteiger partial charge in [-0.3, -0.25) is 0 Å². The first kappa shape index (κ1) is 13.6. The molecule has 1 saturated heterocycles. The molecule has 0 unspecified atom stereocenters. The van der Waals surface area contributed by atoms with E-state index in [2.05, 4.69) is 26.3 Å². The molecule has 0 bridgehead atoms. The fourth-order valence-corrected chi connectivity index (χ4v) is 3.37. The SMILES string of the molecule is CSC1(CN)CCN(c2nnc3ccccc3n2)CC1. The Morgan fingerprint density at radius 1 is 1.20 bits per heavy atom. The average Bonchev–Trinajstić information content (AvgIpc) is 2.54. The molecular formula is C14H19N5S. The molecule has 5 nitrogen and oxygen atoms in total. The minimum Gasteiger partial charge on any atom is -0.339 e. The zero-order valence-electron chi connectivity index (χ0n) is 11.6. The summed E-state index contributed by atoms with van der Waals surface area (Å²) in [6, 6.07) is 7.84. The van der Waals surface area contributed by atoms with Crippen LogP contribution in [0.25, 0.3) is 11.0 Å². The summed E-state index contributed by atoms with van der Waals surface area (Å²) >= 11 is 1.88. The monoisotopic (exact) mass is 289 g/mol. The van der Waals surface area contributed by atoms with Gasteiger partial charge in [0, 0.05) is 24.4 Å². The fourth-order valence-electron chi connectivity index (χ4n) is 2.61. The number of aromatic nitrogens is 3. The number of hydrogen-bond donors (Lipinski definition) is 1. The van der Waals surface area contributed by atoms with Gasteiger partial charge in [0.25, 0.3) is 0 Å². The number of para-hydroxylation sites is 1. The van der Waals surface area contributed by atoms with Crippen LogP contribution in [0, 0.1) is 0 Å². The average molecular weight is 289 g/mol. The number of nitrogens with two attached hydrogens (primary N) is 1. The van der Waals surface area contributed by atoms with Gasteiger partial charge in [-0.1, -0.05) is 12.1 Å². The van der Waals surface area contributed by atoms with E-state index in [1.54, 1.807) is 0 Å². The highest BCUT2D eigenvalue weighted by molar-refractivity contribution is 8.00. The predicted octanol–water partition coefficient (Wildman–Crippen LogP) is 1.69. The molecule has 1 aromatic heterocycles. The van der Waals surface area contributed by atoms with Crippen molar-refractivity contribution < 1.29 is 0 Å². The number of fused-ring (bicyclic) bond motifs is 1. The highest BCUT2D eigenvalue weighted by atomic mass is 32.2. The van der Waals surface area contributed by atoms with Gasteiger partial charge < -0.3 is 10.6 Å². The van der Waals surface area contributed by atoms with Crippen molar-refractivity contribution in [3.8, 4) is 0 Å². The molecule has 1 fully saturated rings. The van der Waals surface area contributed by atoms with E-state index >= 15 is 0 Å². The molecule has 0 atom stereocenters. The van der Waals surface area contributed by atoms with Gasteiger partial charge in [-0.25, -0.2) is 4.98 Å². The van der Waals surface area contributed by atoms with E-state index in [0.717, 1.165) is 49.5 Å². The molecule has 0 spiro atoms. The maximum atomic E-state index is 5.92. The van der Waals surface area contributed by atoms with Crippen LogP contribution in [0.3, 0.4) is 0 Å². The molecule has 0 saturated carbocycles. The van der Waals surface area contributed by atoms with Gasteiger partial charge in [-0.05, 0) is 31.2 Å². The lowest BCUT2D eigenvalue weighted by atomic mass is 9.96. The van der Waals surface area contributed by atoms with Crippen LogP contribution in [0.1, 0.15) is 12.8 Å². The predicted molar refractivity (Wildman–Crippen MR) is 84.1 cm³/mol. The minimum absolute atomic E-state index is 0.223. The van der Waals surface area contributed by atoms with Crippen LogP contribution in [0.2, 0.25) is 0 Å². The number of piperidine rings is 1. The largest absolute Gasteiger partial charge is 0.339 e. The Morgan fingerprint density at radius 3 is 2.55 bits per heavy atom. The van der Waals surface area contributed by atoms with Crippen molar-refractivity contribution in [3.63, 3.8) is 0 Å². The first-order valence-corrected chi connectivity index (χ1v) is 8.08. The van der Waals surface area contributed by atoms with Gasteiger partial charge in [0.05, 0.1) is 5.52 Å². The summed E-state index contributed by atoms with van der Waals surface area (Å²) < 4.78 is 0.223. The second-order valence-corrected chi connectivity index (χ2v) is 6.45. The minimum atomic E-state index is 0.223. The molecular weight excluding hydrogens is 270 g/mol. The van der Waals surface area contributed by atoms with Gasteiger partial charge >= 0.3 is 0 Å². The Labute approximate surface area is 123 Å². The second kappa shape index (κ2) is 5.54. The van der Waals surface area contributed by atoms with E-state index in [1.807, 2.05) is 36.0 Å². The summed E-state index contributed by atoms with van der Waals surface area (Å²) in [5.41, 5.74) is 7.67. The smallest absolute Gasteiger partial charge is 0.245 e. The molecule has 2 N–H and O–H groups in total. The summed E-state index contributed by atoms with van der Waals surface area (Å²) in [6.07, 6.45) is 4.29. The Balaban J connectivity index is 1.79. The van der Waals surface area contributed by atoms with Crippen LogP contribution in [-0.4, -0.2) is 45.8 Å². The quantitative estimate of drug-likeness (QED) is 0.927. The standard InChI is InChI=1S/C14H19N5S/c1-20-14(10-15)6-8-19(9-7-14)13-16-11-4-2-3-5-12(11)17-18-13/h2-5H,6-10,15H2,1H3. The molecule has 0 aliphatic carbocycles. The summed E-state index contributed by atoms with van der Waals surface area (Å²) in [5.74, 6) is 0.732. The first-order valence-electron chi connectivity index (χ1n) is 6.86. The second-order valence-electron chi connectivity index (χ2n) is 5.18. The van der Waals surface area contributed by atoms with Crippen LogP contribution in [0.15, 0.2) is 24.3 Å². The van der Waals surface area contributed by atoms with Crippen molar-refractivity contribution in [2.45, 2.75) is 17.6 Å². The van der Waals surface area contributed by atoms with E-state index in [1.165, 1.54) is 0 Å². The van der Waals surface area contributed by atoms with E-state index < -0.39 is 0 Å². The molecule has 1 aliphatic rings. The van der Waals surface area contributed by atoms with Crippen LogP contribution >= 0.6 is 11.8 Å². The number of nitrogens with zero attached hydrogens (tertiary/aromatic N) is 4. The van der Waals surface area contributed by atoms with Gasteiger partial charge in [-0.2, -0.15) is 11.8 Å². The number of hydrogen-bond acceptors (Lipinski definition) is 6. The third-order valence-electron chi connectivity index (χ3n) is 4.11. The Kier molecular flexibility index (Phi) is 3.76. The molecule has 2 aromatic rings. The maximum absolute atomic E-state index is 5.92. The van der Waals surface area contributed by atoms with Crippen LogP contribution in [-0.2, 0) is 0 Å². The molecule has 106 valence electrons. The lowest BCUT2D eigenvalue weighted by Crippen LogP contribution is -2.47. The van der Waals surface area contributed by atoms with Crippen molar-refractivity contribution in [1.29, 1.82) is 0 Å². The Morgan fingerprint density at radius 2 is 1.90 bits per heavy atom. The van der Waals surface area contributed by atoms with Crippen molar-refractivity contribution in [2.24, 2.45) is 5.73 Å². The number of benzene rings is 1. The third kappa shape index (κ3) is 2.45. The van der Waals surface area contributed by atoms with Gasteiger partial charge in [0.15, 0.2) is 0 Å². The zero-order chi connectivity index (χ0) is 14.0. The molecule has 6 heteroatoms. The molecule has 0 amide bonds. The lowest BCUT2D eigenvalue weighted by Gasteiger charge is -2.39. The Hall–Kier alpha value is -1.40. The first-order chi connectivity index (χ1) is 9.76. The maximum Gasteiger partial charge on any atom is 0.245 e. The molecule has 1 aromatic carbocycles. The summed E-state index contributed by atoms with van der Waals surface area (Å²) in [6.45, 7) is 2.62. The highest BCUT2D eigenvalue weighted by Crippen LogP contribution is 2.34. The van der Waals surface area contributed by atoms with Gasteiger partial charge in [-0.15, -0.1) is 10.2 Å². The molecule has 0 radical (unpaired) electrons. The molecule has 2 heterocycles. The molecule has 1 aliphatic heterocycles. The van der Waals surface area contributed by atoms with E-state index in [9.17, 15) is 0 Å². The van der Waals surface area contributed by atoms with Crippen LogP contribution < -0.4 is 10.6 Å². The van der Waals surface area contributed by atoms with Crippen molar-refractivity contribution in [2.75, 3.05) is 30.8 Å². The third-order valence-corrected chi connectivity index (χ3v) is 5.55. The number of rotatable bonds is 3. The molecule has 20 heavy (non-hydrogen) atoms. The van der Waals surface area contributed by atoms with E-state index in [4.69, 9.17) is 5.73 Å². The number of thioether (sulfide) groups is 1. The zero-order valence-corrected chi connectivity index (χ0v) is 12.4. The van der Waals surface area contributed by atoms with Gasteiger partial charge in [0.2, 0.25) is 5.95 Å².